The number of Topliss-reactive ketones (excluding diaryl/α,β-unsaturated/α-hetero) is 1. The van der Waals surface area contributed by atoms with Crippen LogP contribution in [0.25, 0.3) is 5.52 Å². The number of aromatic nitrogens is 1. The molecule has 0 saturated heterocycles. The number of carbonyl (C=O) groups excluding carboxylic acids is 2. The van der Waals surface area contributed by atoms with Crippen LogP contribution >= 0.6 is 0 Å². The molecule has 2 rings (SSSR count). The van der Waals surface area contributed by atoms with Crippen molar-refractivity contribution in [3.63, 3.8) is 0 Å². The maximum Gasteiger partial charge on any atom is 0.267 e. The Labute approximate surface area is 145 Å². The molecule has 0 atom stereocenters. The third-order valence-electron chi connectivity index (χ3n) is 3.87. The molecule has 2 aromatic heterocycles. The molecular weight excluding hydrogens is 368 g/mol. The number of pyridine rings is 1. The van der Waals surface area contributed by atoms with E-state index in [2.05, 4.69) is 0 Å². The summed E-state index contributed by atoms with van der Waals surface area (Å²) in [4.78, 5) is 22.5. The van der Waals surface area contributed by atoms with Crippen LogP contribution in [-0.4, -0.2) is 44.4 Å². The summed E-state index contributed by atoms with van der Waals surface area (Å²) in [6.45, 7) is 4.00. The number of amides is 1. The predicted molar refractivity (Wildman–Crippen MR) is 91.4 cm³/mol. The Balaban J connectivity index is 3.21. The Bertz CT molecular complexity index is 1090. The number of hydrogen-bond donors (Lipinski definition) is 1. The van der Waals surface area contributed by atoms with E-state index in [4.69, 9.17) is 5.73 Å². The Morgan fingerprint density at radius 1 is 1.00 bits per heavy atom. The summed E-state index contributed by atoms with van der Waals surface area (Å²) >= 11 is 0. The average Bonchev–Trinajstić information content (AvgIpc) is 2.90. The van der Waals surface area contributed by atoms with E-state index in [1.807, 2.05) is 0 Å². The van der Waals surface area contributed by atoms with Crippen molar-refractivity contribution in [1.82, 2.24) is 4.40 Å². The lowest BCUT2D eigenvalue weighted by molar-refractivity contribution is 0.0986. The van der Waals surface area contributed by atoms with Crippen molar-refractivity contribution in [2.75, 3.05) is 11.5 Å². The van der Waals surface area contributed by atoms with E-state index in [1.165, 1.54) is 39.1 Å². The summed E-state index contributed by atoms with van der Waals surface area (Å²) in [6, 6.07) is 2.68. The van der Waals surface area contributed by atoms with Crippen LogP contribution in [0, 0.1) is 0 Å². The van der Waals surface area contributed by atoms with Gasteiger partial charge in [-0.1, -0.05) is 13.8 Å². The molecule has 0 aromatic carbocycles. The van der Waals surface area contributed by atoms with Crippen LogP contribution in [-0.2, 0) is 19.7 Å². The first kappa shape index (κ1) is 19.1. The average molecular weight is 386 g/mol. The van der Waals surface area contributed by atoms with E-state index in [-0.39, 0.29) is 22.6 Å². The molecule has 0 aliphatic carbocycles. The molecule has 0 saturated carbocycles. The van der Waals surface area contributed by atoms with Crippen LogP contribution in [0.3, 0.4) is 0 Å². The summed E-state index contributed by atoms with van der Waals surface area (Å²) < 4.78 is 51.3. The summed E-state index contributed by atoms with van der Waals surface area (Å²) in [5, 5.41) is 0. The standard InChI is InChI=1S/C15H18N2O6S2/c1-4-24(20,21)13-11-7-6-10(9(3)18)8-17(11)12(15(16)19)14(13)25(22,23)5-2/h6-8H,4-5H2,1-3H3,(H2,16,19). The van der Waals surface area contributed by atoms with Gasteiger partial charge in [0.1, 0.15) is 15.5 Å². The summed E-state index contributed by atoms with van der Waals surface area (Å²) in [5.41, 5.74) is 5.07. The number of rotatable bonds is 6. The summed E-state index contributed by atoms with van der Waals surface area (Å²) in [7, 11) is -8.07. The number of sulfone groups is 2. The van der Waals surface area contributed by atoms with Gasteiger partial charge in [0.25, 0.3) is 5.91 Å². The molecular formula is C15H18N2O6S2. The molecule has 8 nitrogen and oxygen atoms in total. The second-order valence-corrected chi connectivity index (χ2v) is 9.84. The van der Waals surface area contributed by atoms with Crippen molar-refractivity contribution in [3.05, 3.63) is 29.6 Å². The highest BCUT2D eigenvalue weighted by atomic mass is 32.2. The highest BCUT2D eigenvalue weighted by Crippen LogP contribution is 2.34. The van der Waals surface area contributed by atoms with E-state index < -0.39 is 46.8 Å². The molecule has 0 fully saturated rings. The van der Waals surface area contributed by atoms with Crippen molar-refractivity contribution in [1.29, 1.82) is 0 Å². The molecule has 0 radical (unpaired) electrons. The SMILES string of the molecule is CCS(=O)(=O)c1c(S(=O)(=O)CC)c2ccc(C(C)=O)cn2c1C(N)=O. The van der Waals surface area contributed by atoms with Gasteiger partial charge in [0, 0.05) is 11.8 Å². The highest BCUT2D eigenvalue weighted by molar-refractivity contribution is 7.94. The van der Waals surface area contributed by atoms with Gasteiger partial charge < -0.3 is 10.1 Å². The van der Waals surface area contributed by atoms with Gasteiger partial charge in [-0.15, -0.1) is 0 Å². The van der Waals surface area contributed by atoms with Gasteiger partial charge >= 0.3 is 0 Å². The lowest BCUT2D eigenvalue weighted by Gasteiger charge is -2.06. The smallest absolute Gasteiger partial charge is 0.267 e. The zero-order chi connectivity index (χ0) is 19.2. The van der Waals surface area contributed by atoms with Gasteiger partial charge in [-0.3, -0.25) is 9.59 Å². The van der Waals surface area contributed by atoms with Crippen molar-refractivity contribution in [2.24, 2.45) is 5.73 Å². The lowest BCUT2D eigenvalue weighted by Crippen LogP contribution is -2.20. The molecule has 2 N–H and O–H groups in total. The van der Waals surface area contributed by atoms with E-state index in [9.17, 15) is 26.4 Å². The van der Waals surface area contributed by atoms with Crippen LogP contribution < -0.4 is 5.73 Å². The Morgan fingerprint density at radius 2 is 1.52 bits per heavy atom. The number of fused-ring (bicyclic) bond motifs is 1. The van der Waals surface area contributed by atoms with Crippen LogP contribution in [0.4, 0.5) is 0 Å². The van der Waals surface area contributed by atoms with E-state index in [0.717, 1.165) is 4.40 Å². The van der Waals surface area contributed by atoms with E-state index >= 15 is 0 Å². The molecule has 0 spiro atoms. The molecule has 1 amide bonds. The van der Waals surface area contributed by atoms with Crippen molar-refractivity contribution >= 4 is 36.9 Å². The van der Waals surface area contributed by atoms with Crippen molar-refractivity contribution < 1.29 is 26.4 Å². The lowest BCUT2D eigenvalue weighted by atomic mass is 10.2. The molecule has 0 unspecified atom stereocenters. The van der Waals surface area contributed by atoms with Crippen molar-refractivity contribution in [3.8, 4) is 0 Å². The fourth-order valence-electron chi connectivity index (χ4n) is 2.52. The van der Waals surface area contributed by atoms with Gasteiger partial charge in [-0.25, -0.2) is 16.8 Å². The van der Waals surface area contributed by atoms with Gasteiger partial charge in [0.2, 0.25) is 0 Å². The molecule has 25 heavy (non-hydrogen) atoms. The third-order valence-corrected chi connectivity index (χ3v) is 7.57. The van der Waals surface area contributed by atoms with E-state index in [1.54, 1.807) is 0 Å². The topological polar surface area (TPSA) is 133 Å². The number of carbonyl (C=O) groups is 2. The van der Waals surface area contributed by atoms with Crippen LogP contribution in [0.2, 0.25) is 0 Å². The van der Waals surface area contributed by atoms with Gasteiger partial charge in [-0.2, -0.15) is 0 Å². The normalized spacial score (nSPS) is 12.4. The Kier molecular flexibility index (Phi) is 4.79. The maximum atomic E-state index is 12.6. The van der Waals surface area contributed by atoms with Gasteiger partial charge in [0.05, 0.1) is 17.0 Å². The van der Waals surface area contributed by atoms with Crippen LogP contribution in [0.5, 0.6) is 0 Å². The maximum absolute atomic E-state index is 12.6. The van der Waals surface area contributed by atoms with Crippen LogP contribution in [0.1, 0.15) is 41.6 Å². The number of hydrogen-bond acceptors (Lipinski definition) is 6. The second-order valence-electron chi connectivity index (χ2n) is 5.41. The summed E-state index contributed by atoms with van der Waals surface area (Å²) in [5.74, 6) is -2.19. The van der Waals surface area contributed by atoms with Gasteiger partial charge in [0.15, 0.2) is 25.5 Å². The molecule has 0 aliphatic heterocycles. The molecule has 10 heteroatoms. The van der Waals surface area contributed by atoms with Crippen molar-refractivity contribution in [2.45, 2.75) is 30.6 Å². The molecule has 0 bridgehead atoms. The highest BCUT2D eigenvalue weighted by Gasteiger charge is 2.35. The minimum Gasteiger partial charge on any atom is -0.364 e. The monoisotopic (exact) mass is 386 g/mol. The third kappa shape index (κ3) is 3.07. The number of ketones is 1. The number of nitrogens with zero attached hydrogens (tertiary/aromatic N) is 1. The minimum atomic E-state index is -4.08. The largest absolute Gasteiger partial charge is 0.364 e. The second kappa shape index (κ2) is 6.26. The minimum absolute atomic E-state index is 0.00678. The first-order valence-electron chi connectivity index (χ1n) is 7.42. The summed E-state index contributed by atoms with van der Waals surface area (Å²) in [6.07, 6.45) is 1.22. The molecule has 2 aromatic rings. The zero-order valence-corrected chi connectivity index (χ0v) is 15.6. The Hall–Kier alpha value is -2.20. The van der Waals surface area contributed by atoms with Crippen LogP contribution in [0.15, 0.2) is 28.1 Å². The number of nitrogens with two attached hydrogens (primary N) is 1. The van der Waals surface area contributed by atoms with Gasteiger partial charge in [-0.05, 0) is 19.1 Å². The molecule has 2 heterocycles. The fourth-order valence-corrected chi connectivity index (χ4v) is 5.60. The zero-order valence-electron chi connectivity index (χ0n) is 13.9. The quantitative estimate of drug-likeness (QED) is 0.731. The molecule has 0 aliphatic rings. The molecule has 136 valence electrons. The Morgan fingerprint density at radius 3 is 1.96 bits per heavy atom. The van der Waals surface area contributed by atoms with E-state index in [0.29, 0.717) is 0 Å². The number of primary amides is 1. The fraction of sp³-hybridized carbons (Fsp3) is 0.333. The first-order valence-corrected chi connectivity index (χ1v) is 10.7. The predicted octanol–water partition coefficient (Wildman–Crippen LogP) is 0.828. The first-order chi connectivity index (χ1) is 11.5.